The molecule has 2 aromatic rings. The van der Waals surface area contributed by atoms with Crippen molar-refractivity contribution in [2.75, 3.05) is 16.8 Å². The van der Waals surface area contributed by atoms with Crippen LogP contribution in [0.5, 0.6) is 0 Å². The third-order valence-electron chi connectivity index (χ3n) is 4.23. The van der Waals surface area contributed by atoms with Crippen molar-refractivity contribution >= 4 is 23.5 Å². The van der Waals surface area contributed by atoms with Gasteiger partial charge in [0.1, 0.15) is 5.82 Å². The predicted molar refractivity (Wildman–Crippen MR) is 92.4 cm³/mol. The van der Waals surface area contributed by atoms with Gasteiger partial charge in [-0.25, -0.2) is 13.8 Å². The topological polar surface area (TPSA) is 41.1 Å². The summed E-state index contributed by atoms with van der Waals surface area (Å²) >= 11 is 0. The van der Waals surface area contributed by atoms with Crippen LogP contribution in [0.25, 0.3) is 6.08 Å². The summed E-state index contributed by atoms with van der Waals surface area (Å²) in [5.74, 6) is -0.547. The van der Waals surface area contributed by atoms with Crippen LogP contribution in [0.15, 0.2) is 30.5 Å². The maximum Gasteiger partial charge on any atom is 0.229 e. The highest BCUT2D eigenvalue weighted by Gasteiger charge is 2.21. The first-order valence-corrected chi connectivity index (χ1v) is 8.14. The molecule has 126 valence electrons. The minimum atomic E-state index is -0.903. The molecule has 0 unspecified atom stereocenters. The third-order valence-corrected chi connectivity index (χ3v) is 4.23. The number of rotatable bonds is 5. The van der Waals surface area contributed by atoms with Gasteiger partial charge in [-0.3, -0.25) is 0 Å². The highest BCUT2D eigenvalue weighted by molar-refractivity contribution is 5.69. The van der Waals surface area contributed by atoms with E-state index in [4.69, 9.17) is 0 Å². The third kappa shape index (κ3) is 3.22. The SMILES string of the molecule is CCC(CC)N1CC=Cc2cnc(Nc3ccc(F)c(F)c3)nc21. The van der Waals surface area contributed by atoms with E-state index in [0.29, 0.717) is 17.7 Å². The van der Waals surface area contributed by atoms with Crippen molar-refractivity contribution in [1.29, 1.82) is 0 Å². The van der Waals surface area contributed by atoms with Gasteiger partial charge in [0.15, 0.2) is 11.6 Å². The number of anilines is 3. The van der Waals surface area contributed by atoms with E-state index < -0.39 is 11.6 Å². The monoisotopic (exact) mass is 330 g/mol. The molecule has 0 atom stereocenters. The Kier molecular flexibility index (Phi) is 4.74. The fourth-order valence-corrected chi connectivity index (χ4v) is 2.92. The van der Waals surface area contributed by atoms with Gasteiger partial charge in [-0.15, -0.1) is 0 Å². The molecule has 0 fully saturated rings. The number of hydrogen-bond acceptors (Lipinski definition) is 4. The van der Waals surface area contributed by atoms with E-state index in [1.165, 1.54) is 6.07 Å². The second-order valence-corrected chi connectivity index (χ2v) is 5.75. The molecule has 1 aromatic carbocycles. The van der Waals surface area contributed by atoms with Crippen LogP contribution in [0.2, 0.25) is 0 Å². The van der Waals surface area contributed by atoms with E-state index in [2.05, 4.69) is 40.1 Å². The zero-order valence-electron chi connectivity index (χ0n) is 13.8. The van der Waals surface area contributed by atoms with Gasteiger partial charge in [0.25, 0.3) is 0 Å². The Morgan fingerprint density at radius 2 is 2.00 bits per heavy atom. The van der Waals surface area contributed by atoms with Crippen LogP contribution in [0.3, 0.4) is 0 Å². The van der Waals surface area contributed by atoms with E-state index in [1.54, 1.807) is 6.20 Å². The fraction of sp³-hybridized carbons (Fsp3) is 0.333. The number of aromatic nitrogens is 2. The second kappa shape index (κ2) is 6.95. The molecular formula is C18H20F2N4. The molecule has 0 amide bonds. The van der Waals surface area contributed by atoms with Gasteiger partial charge in [-0.2, -0.15) is 4.98 Å². The molecule has 0 spiro atoms. The Balaban J connectivity index is 1.90. The number of nitrogens with zero attached hydrogens (tertiary/aromatic N) is 3. The number of fused-ring (bicyclic) bond motifs is 1. The molecule has 0 saturated carbocycles. The van der Waals surface area contributed by atoms with Crippen LogP contribution in [-0.2, 0) is 0 Å². The van der Waals surface area contributed by atoms with Gasteiger partial charge >= 0.3 is 0 Å². The standard InChI is InChI=1S/C18H20F2N4/c1-3-14(4-2)24-9-5-6-12-11-21-18(23-17(12)24)22-13-7-8-15(19)16(20)10-13/h5-8,10-11,14H,3-4,9H2,1-2H3,(H,21,22,23). The van der Waals surface area contributed by atoms with E-state index in [-0.39, 0.29) is 0 Å². The number of benzene rings is 1. The summed E-state index contributed by atoms with van der Waals surface area (Å²) in [5, 5.41) is 2.94. The molecule has 1 aliphatic heterocycles. The van der Waals surface area contributed by atoms with Crippen LogP contribution in [-0.4, -0.2) is 22.6 Å². The molecular weight excluding hydrogens is 310 g/mol. The van der Waals surface area contributed by atoms with Gasteiger partial charge in [0.2, 0.25) is 5.95 Å². The van der Waals surface area contributed by atoms with Crippen molar-refractivity contribution in [3.05, 3.63) is 47.7 Å². The van der Waals surface area contributed by atoms with Crippen LogP contribution < -0.4 is 10.2 Å². The molecule has 2 heterocycles. The Morgan fingerprint density at radius 3 is 2.71 bits per heavy atom. The maximum atomic E-state index is 13.3. The smallest absolute Gasteiger partial charge is 0.229 e. The van der Waals surface area contributed by atoms with Crippen LogP contribution in [0.4, 0.5) is 26.2 Å². The molecule has 0 aliphatic carbocycles. The van der Waals surface area contributed by atoms with Crippen LogP contribution >= 0.6 is 0 Å². The van der Waals surface area contributed by atoms with Gasteiger partial charge in [0, 0.05) is 36.1 Å². The lowest BCUT2D eigenvalue weighted by Crippen LogP contribution is -2.37. The van der Waals surface area contributed by atoms with Gasteiger partial charge in [-0.1, -0.05) is 26.0 Å². The molecule has 1 N–H and O–H groups in total. The zero-order valence-corrected chi connectivity index (χ0v) is 13.8. The van der Waals surface area contributed by atoms with Crippen LogP contribution in [0.1, 0.15) is 32.3 Å². The normalized spacial score (nSPS) is 13.3. The average Bonchev–Trinajstić information content (AvgIpc) is 2.59. The largest absolute Gasteiger partial charge is 0.349 e. The Morgan fingerprint density at radius 1 is 1.21 bits per heavy atom. The van der Waals surface area contributed by atoms with Crippen molar-refractivity contribution in [2.45, 2.75) is 32.7 Å². The molecule has 3 rings (SSSR count). The maximum absolute atomic E-state index is 13.3. The van der Waals surface area contributed by atoms with Crippen molar-refractivity contribution in [1.82, 2.24) is 9.97 Å². The minimum absolute atomic E-state index is 0.367. The first-order valence-electron chi connectivity index (χ1n) is 8.14. The quantitative estimate of drug-likeness (QED) is 0.875. The molecule has 0 bridgehead atoms. The first-order chi connectivity index (χ1) is 11.6. The second-order valence-electron chi connectivity index (χ2n) is 5.75. The molecule has 6 heteroatoms. The number of halogens is 2. The average molecular weight is 330 g/mol. The van der Waals surface area contributed by atoms with Crippen molar-refractivity contribution in [2.24, 2.45) is 0 Å². The lowest BCUT2D eigenvalue weighted by Gasteiger charge is -2.33. The summed E-state index contributed by atoms with van der Waals surface area (Å²) < 4.78 is 26.4. The number of nitrogens with one attached hydrogen (secondary N) is 1. The van der Waals surface area contributed by atoms with Crippen molar-refractivity contribution in [3.8, 4) is 0 Å². The minimum Gasteiger partial charge on any atom is -0.349 e. The van der Waals surface area contributed by atoms with E-state index in [9.17, 15) is 8.78 Å². The van der Waals surface area contributed by atoms with Crippen molar-refractivity contribution < 1.29 is 8.78 Å². The van der Waals surface area contributed by atoms with Gasteiger partial charge < -0.3 is 10.2 Å². The predicted octanol–water partition coefficient (Wildman–Crippen LogP) is 4.52. The molecule has 1 aromatic heterocycles. The lowest BCUT2D eigenvalue weighted by atomic mass is 10.1. The Bertz CT molecular complexity index is 757. The van der Waals surface area contributed by atoms with E-state index in [1.807, 2.05) is 6.08 Å². The summed E-state index contributed by atoms with van der Waals surface area (Å²) in [6, 6.07) is 4.03. The van der Waals surface area contributed by atoms with Gasteiger partial charge in [0.05, 0.1) is 0 Å². The summed E-state index contributed by atoms with van der Waals surface area (Å²) in [6.07, 6.45) is 7.91. The molecule has 0 saturated heterocycles. The fourth-order valence-electron chi connectivity index (χ4n) is 2.92. The lowest BCUT2D eigenvalue weighted by molar-refractivity contribution is 0.509. The van der Waals surface area contributed by atoms with Gasteiger partial charge in [-0.05, 0) is 25.0 Å². The first kappa shape index (κ1) is 16.4. The zero-order chi connectivity index (χ0) is 17.1. The van der Waals surface area contributed by atoms with E-state index >= 15 is 0 Å². The van der Waals surface area contributed by atoms with Crippen molar-refractivity contribution in [3.63, 3.8) is 0 Å². The number of hydrogen-bond donors (Lipinski definition) is 1. The molecule has 24 heavy (non-hydrogen) atoms. The van der Waals surface area contributed by atoms with E-state index in [0.717, 1.165) is 42.9 Å². The Hall–Kier alpha value is -2.50. The molecule has 1 aliphatic rings. The molecule has 4 nitrogen and oxygen atoms in total. The molecule has 0 radical (unpaired) electrons. The summed E-state index contributed by atoms with van der Waals surface area (Å²) in [6.45, 7) is 5.13. The summed E-state index contributed by atoms with van der Waals surface area (Å²) in [5.41, 5.74) is 1.37. The summed E-state index contributed by atoms with van der Waals surface area (Å²) in [4.78, 5) is 11.1. The Labute approximate surface area is 140 Å². The van der Waals surface area contributed by atoms with Crippen LogP contribution in [0, 0.1) is 11.6 Å². The highest BCUT2D eigenvalue weighted by Crippen LogP contribution is 2.28. The highest BCUT2D eigenvalue weighted by atomic mass is 19.2. The summed E-state index contributed by atoms with van der Waals surface area (Å²) in [7, 11) is 0.